The van der Waals surface area contributed by atoms with Crippen LogP contribution in [0, 0.1) is 0 Å². The monoisotopic (exact) mass is 402 g/mol. The Kier molecular flexibility index (Phi) is 2.97. The summed E-state index contributed by atoms with van der Waals surface area (Å²) in [5.74, 6) is 0. The van der Waals surface area contributed by atoms with Crippen LogP contribution in [0.5, 0.6) is 0 Å². The van der Waals surface area contributed by atoms with Gasteiger partial charge in [0.25, 0.3) is 0 Å². The van der Waals surface area contributed by atoms with Crippen molar-refractivity contribution in [3.8, 4) is 0 Å². The first kappa shape index (κ1) is 16.5. The molecule has 8 aromatic rings. The van der Waals surface area contributed by atoms with E-state index in [0.717, 1.165) is 0 Å². The Morgan fingerprint density at radius 1 is 0.250 bits per heavy atom. The predicted molar refractivity (Wildman–Crippen MR) is 140 cm³/mol. The average molecular weight is 402 g/mol. The fourth-order valence-corrected chi connectivity index (χ4v) is 5.83. The van der Waals surface area contributed by atoms with E-state index in [-0.39, 0.29) is 0 Å². The standard InChI is InChI=1S/C32H18/c1-2-7-21-16-28-22(15-20(21)6-1)12-14-27-30(28)18-24-10-9-23-17-29(24)32(27)31-25-8-4-3-5-19(25)11-13-26(23)31/h1-18H. The normalized spacial score (nSPS) is 12.4. The van der Waals surface area contributed by atoms with Crippen molar-refractivity contribution in [2.24, 2.45) is 0 Å². The maximum atomic E-state index is 2.39. The Balaban J connectivity index is 1.71. The van der Waals surface area contributed by atoms with Gasteiger partial charge in [0.1, 0.15) is 0 Å². The third kappa shape index (κ3) is 2.02. The minimum Gasteiger partial charge on any atom is -0.0616 e. The molecule has 32 heavy (non-hydrogen) atoms. The lowest BCUT2D eigenvalue weighted by atomic mass is 9.87. The first-order valence-corrected chi connectivity index (χ1v) is 11.2. The quantitative estimate of drug-likeness (QED) is 0.175. The highest BCUT2D eigenvalue weighted by atomic mass is 14.2. The number of rotatable bonds is 0. The summed E-state index contributed by atoms with van der Waals surface area (Å²) in [6, 6.07) is 40.7. The maximum absolute atomic E-state index is 2.39. The third-order valence-electron chi connectivity index (χ3n) is 7.31. The molecule has 0 N–H and O–H groups in total. The Hall–Kier alpha value is -4.16. The number of benzene rings is 8. The lowest BCUT2D eigenvalue weighted by Gasteiger charge is -2.16. The van der Waals surface area contributed by atoms with Crippen molar-refractivity contribution in [3.63, 3.8) is 0 Å². The second kappa shape index (κ2) is 5.75. The highest BCUT2D eigenvalue weighted by molar-refractivity contribution is 6.36. The van der Waals surface area contributed by atoms with Gasteiger partial charge in [-0.15, -0.1) is 0 Å². The summed E-state index contributed by atoms with van der Waals surface area (Å²) >= 11 is 0. The topological polar surface area (TPSA) is 0 Å². The van der Waals surface area contributed by atoms with Crippen molar-refractivity contribution in [3.05, 3.63) is 109 Å². The van der Waals surface area contributed by atoms with Gasteiger partial charge in [0.05, 0.1) is 0 Å². The first-order valence-electron chi connectivity index (χ1n) is 11.2. The molecule has 0 aliphatic rings. The molecule has 0 saturated heterocycles. The molecule has 0 heteroatoms. The van der Waals surface area contributed by atoms with Crippen LogP contribution in [-0.4, -0.2) is 0 Å². The fraction of sp³-hybridized carbons (Fsp3) is 0. The lowest BCUT2D eigenvalue weighted by Crippen LogP contribution is -1.88. The molecular weight excluding hydrogens is 384 g/mol. The Labute approximate surface area is 184 Å². The molecule has 0 aliphatic carbocycles. The van der Waals surface area contributed by atoms with Crippen LogP contribution in [0.25, 0.3) is 75.4 Å². The SMILES string of the molecule is c1ccc2cc3c(ccc4c3cc3ccc5cc3c4c3c4ccccc4ccc53)cc2c1. The minimum atomic E-state index is 1.29. The van der Waals surface area contributed by atoms with Gasteiger partial charge in [0.2, 0.25) is 0 Å². The summed E-state index contributed by atoms with van der Waals surface area (Å²) < 4.78 is 0. The molecule has 0 aromatic heterocycles. The smallest absolute Gasteiger partial charge is 0.00139 e. The third-order valence-corrected chi connectivity index (χ3v) is 7.31. The zero-order valence-corrected chi connectivity index (χ0v) is 17.4. The molecule has 146 valence electrons. The first-order chi connectivity index (χ1) is 15.8. The molecule has 0 unspecified atom stereocenters. The Morgan fingerprint density at radius 2 is 0.750 bits per heavy atom. The van der Waals surface area contributed by atoms with Crippen LogP contribution in [0.2, 0.25) is 0 Å². The second-order valence-corrected chi connectivity index (χ2v) is 8.98. The number of fused-ring (bicyclic) bond motifs is 11. The summed E-state index contributed by atoms with van der Waals surface area (Å²) in [7, 11) is 0. The van der Waals surface area contributed by atoms with E-state index in [0.29, 0.717) is 0 Å². The number of hydrogen-bond acceptors (Lipinski definition) is 0. The van der Waals surface area contributed by atoms with Gasteiger partial charge in [-0.1, -0.05) is 84.9 Å². The molecule has 0 spiro atoms. The van der Waals surface area contributed by atoms with E-state index in [9.17, 15) is 0 Å². The van der Waals surface area contributed by atoms with Gasteiger partial charge in [-0.3, -0.25) is 0 Å². The van der Waals surface area contributed by atoms with E-state index in [1.165, 1.54) is 75.4 Å². The van der Waals surface area contributed by atoms with Crippen LogP contribution in [0.3, 0.4) is 0 Å². The van der Waals surface area contributed by atoms with Gasteiger partial charge in [0, 0.05) is 0 Å². The van der Waals surface area contributed by atoms with Gasteiger partial charge in [-0.2, -0.15) is 0 Å². The van der Waals surface area contributed by atoms with Crippen molar-refractivity contribution in [2.75, 3.05) is 0 Å². The molecule has 0 heterocycles. The van der Waals surface area contributed by atoms with Crippen molar-refractivity contribution >= 4 is 75.4 Å². The van der Waals surface area contributed by atoms with Crippen LogP contribution in [0.15, 0.2) is 109 Å². The van der Waals surface area contributed by atoms with E-state index in [2.05, 4.69) is 109 Å². The molecule has 8 aromatic carbocycles. The molecule has 0 radical (unpaired) electrons. The van der Waals surface area contributed by atoms with Gasteiger partial charge in [-0.05, 0) is 99.7 Å². The van der Waals surface area contributed by atoms with E-state index in [1.807, 2.05) is 0 Å². The molecule has 2 bridgehead atoms. The van der Waals surface area contributed by atoms with Crippen molar-refractivity contribution < 1.29 is 0 Å². The molecule has 0 fully saturated rings. The molecule has 0 amide bonds. The molecule has 0 saturated carbocycles. The van der Waals surface area contributed by atoms with Crippen molar-refractivity contribution in [1.82, 2.24) is 0 Å². The molecule has 0 atom stereocenters. The summed E-state index contributed by atoms with van der Waals surface area (Å²) in [6.45, 7) is 0. The molecular formula is C32H18. The van der Waals surface area contributed by atoms with Crippen LogP contribution in [-0.2, 0) is 0 Å². The highest BCUT2D eigenvalue weighted by Gasteiger charge is 2.15. The van der Waals surface area contributed by atoms with E-state index in [4.69, 9.17) is 0 Å². The van der Waals surface area contributed by atoms with Gasteiger partial charge in [-0.25, -0.2) is 0 Å². The molecule has 0 aliphatic heterocycles. The molecule has 8 rings (SSSR count). The largest absolute Gasteiger partial charge is 0.0616 e. The van der Waals surface area contributed by atoms with Crippen molar-refractivity contribution in [1.29, 1.82) is 0 Å². The van der Waals surface area contributed by atoms with E-state index >= 15 is 0 Å². The van der Waals surface area contributed by atoms with Gasteiger partial charge in [0.15, 0.2) is 0 Å². The van der Waals surface area contributed by atoms with E-state index < -0.39 is 0 Å². The summed E-state index contributed by atoms with van der Waals surface area (Å²) in [5.41, 5.74) is 0. The summed E-state index contributed by atoms with van der Waals surface area (Å²) in [4.78, 5) is 0. The Morgan fingerprint density at radius 3 is 1.62 bits per heavy atom. The highest BCUT2D eigenvalue weighted by Crippen LogP contribution is 2.43. The van der Waals surface area contributed by atoms with Crippen LogP contribution in [0.4, 0.5) is 0 Å². The van der Waals surface area contributed by atoms with E-state index in [1.54, 1.807) is 0 Å². The predicted octanol–water partition coefficient (Wildman–Crippen LogP) is 9.20. The zero-order valence-electron chi connectivity index (χ0n) is 17.4. The van der Waals surface area contributed by atoms with Crippen LogP contribution in [0.1, 0.15) is 0 Å². The van der Waals surface area contributed by atoms with Gasteiger partial charge >= 0.3 is 0 Å². The maximum Gasteiger partial charge on any atom is -0.00139 e. The zero-order chi connectivity index (χ0) is 20.8. The minimum absolute atomic E-state index is 1.29. The average Bonchev–Trinajstić information content (AvgIpc) is 2.86. The van der Waals surface area contributed by atoms with Crippen molar-refractivity contribution in [2.45, 2.75) is 0 Å². The Bertz CT molecular complexity index is 2020. The van der Waals surface area contributed by atoms with Crippen LogP contribution < -0.4 is 0 Å². The second-order valence-electron chi connectivity index (χ2n) is 8.98. The van der Waals surface area contributed by atoms with Crippen LogP contribution >= 0.6 is 0 Å². The summed E-state index contributed by atoms with van der Waals surface area (Å²) in [5, 5.41) is 18.6. The lowest BCUT2D eigenvalue weighted by molar-refractivity contribution is 1.79. The van der Waals surface area contributed by atoms with Gasteiger partial charge < -0.3 is 0 Å². The summed E-state index contributed by atoms with van der Waals surface area (Å²) in [6.07, 6.45) is 0. The number of hydrogen-bond donors (Lipinski definition) is 0. The molecule has 0 nitrogen and oxygen atoms in total. The fourth-order valence-electron chi connectivity index (χ4n) is 5.83.